The van der Waals surface area contributed by atoms with Crippen LogP contribution in [0.5, 0.6) is 0 Å². The summed E-state index contributed by atoms with van der Waals surface area (Å²) in [5.41, 5.74) is -0.0968. The summed E-state index contributed by atoms with van der Waals surface area (Å²) in [6, 6.07) is -0.687. The van der Waals surface area contributed by atoms with Gasteiger partial charge in [0, 0.05) is 12.0 Å². The molecule has 1 aliphatic heterocycles. The predicted molar refractivity (Wildman–Crippen MR) is 72.5 cm³/mol. The Morgan fingerprint density at radius 3 is 2.68 bits per heavy atom. The molecule has 6 heteroatoms. The lowest BCUT2D eigenvalue weighted by atomic mass is 9.98. The Morgan fingerprint density at radius 1 is 1.47 bits per heavy atom. The summed E-state index contributed by atoms with van der Waals surface area (Å²) in [6.45, 7) is 6.63. The van der Waals surface area contributed by atoms with Crippen LogP contribution in [-0.4, -0.2) is 39.5 Å². The second-order valence-electron chi connectivity index (χ2n) is 5.77. The van der Waals surface area contributed by atoms with Crippen molar-refractivity contribution in [2.24, 2.45) is 0 Å². The normalized spacial score (nSPS) is 19.7. The Bertz CT molecular complexity index is 504. The Morgan fingerprint density at radius 2 is 2.16 bits per heavy atom. The maximum Gasteiger partial charge on any atom is 0.326 e. The maximum absolute atomic E-state index is 12.3. The van der Waals surface area contributed by atoms with Gasteiger partial charge < -0.3 is 10.0 Å². The number of carbonyl (C=O) groups excluding carboxylic acids is 1. The molecule has 1 N–H and O–H groups in total. The number of likely N-dealkylation sites (tertiary alicyclic amines) is 1. The minimum Gasteiger partial charge on any atom is -0.480 e. The molecule has 0 aliphatic carbocycles. The van der Waals surface area contributed by atoms with Crippen LogP contribution in [-0.2, 0) is 10.2 Å². The Kier molecular flexibility index (Phi) is 3.62. The zero-order chi connectivity index (χ0) is 14.2. The van der Waals surface area contributed by atoms with E-state index >= 15 is 0 Å². The maximum atomic E-state index is 12.3. The summed E-state index contributed by atoms with van der Waals surface area (Å²) < 4.78 is 0. The van der Waals surface area contributed by atoms with Gasteiger partial charge in [0.25, 0.3) is 5.91 Å². The highest BCUT2D eigenvalue weighted by molar-refractivity contribution is 7.13. The summed E-state index contributed by atoms with van der Waals surface area (Å²) in [5, 5.41) is 10.00. The van der Waals surface area contributed by atoms with Crippen molar-refractivity contribution < 1.29 is 14.7 Å². The molecule has 0 spiro atoms. The van der Waals surface area contributed by atoms with Gasteiger partial charge >= 0.3 is 5.97 Å². The molecular weight excluding hydrogens is 264 g/mol. The lowest BCUT2D eigenvalue weighted by Gasteiger charge is -2.20. The van der Waals surface area contributed by atoms with E-state index in [1.807, 2.05) is 20.8 Å². The van der Waals surface area contributed by atoms with E-state index < -0.39 is 12.0 Å². The van der Waals surface area contributed by atoms with E-state index in [0.29, 0.717) is 17.8 Å². The van der Waals surface area contributed by atoms with E-state index in [2.05, 4.69) is 4.98 Å². The number of carbonyl (C=O) groups is 2. The molecule has 0 aromatic carbocycles. The van der Waals surface area contributed by atoms with Gasteiger partial charge in [0.05, 0.1) is 11.2 Å². The molecule has 2 heterocycles. The molecule has 0 radical (unpaired) electrons. The van der Waals surface area contributed by atoms with Crippen LogP contribution in [0.2, 0.25) is 0 Å². The van der Waals surface area contributed by atoms with Crippen LogP contribution in [0.15, 0.2) is 6.20 Å². The average Bonchev–Trinajstić information content (AvgIpc) is 2.96. The second kappa shape index (κ2) is 4.92. The summed E-state index contributed by atoms with van der Waals surface area (Å²) in [5.74, 6) is -1.13. The third-order valence-electron chi connectivity index (χ3n) is 3.16. The number of nitrogens with zero attached hydrogens (tertiary/aromatic N) is 2. The van der Waals surface area contributed by atoms with Gasteiger partial charge in [-0.05, 0) is 12.8 Å². The fourth-order valence-corrected chi connectivity index (χ4v) is 3.06. The number of thiazole rings is 1. The van der Waals surface area contributed by atoms with Gasteiger partial charge in [0.2, 0.25) is 0 Å². The third-order valence-corrected chi connectivity index (χ3v) is 4.57. The van der Waals surface area contributed by atoms with Crippen LogP contribution in [0.3, 0.4) is 0 Å². The van der Waals surface area contributed by atoms with Crippen molar-refractivity contribution in [3.8, 4) is 0 Å². The molecule has 1 aromatic heterocycles. The molecule has 104 valence electrons. The number of hydrogen-bond donors (Lipinski definition) is 1. The zero-order valence-corrected chi connectivity index (χ0v) is 12.2. The number of carboxylic acids is 1. The van der Waals surface area contributed by atoms with Crippen molar-refractivity contribution in [2.45, 2.75) is 45.1 Å². The number of carboxylic acid groups (broad SMARTS) is 1. The van der Waals surface area contributed by atoms with Crippen LogP contribution < -0.4 is 0 Å². The topological polar surface area (TPSA) is 70.5 Å². The molecule has 1 amide bonds. The highest BCUT2D eigenvalue weighted by atomic mass is 32.1. The highest BCUT2D eigenvalue weighted by Crippen LogP contribution is 2.29. The standard InChI is InChI=1S/C13H18N2O3S/c1-13(2,3)12-14-7-9(19-12)10(16)15-6-4-5-8(15)11(17)18/h7-8H,4-6H2,1-3H3,(H,17,18)/t8-/m1/s1. The first-order valence-corrected chi connectivity index (χ1v) is 7.12. The van der Waals surface area contributed by atoms with E-state index in [-0.39, 0.29) is 11.3 Å². The lowest BCUT2D eigenvalue weighted by Crippen LogP contribution is -2.40. The number of amides is 1. The monoisotopic (exact) mass is 282 g/mol. The fourth-order valence-electron chi connectivity index (χ4n) is 2.13. The minimum absolute atomic E-state index is 0.0968. The van der Waals surface area contributed by atoms with E-state index in [9.17, 15) is 9.59 Å². The first-order chi connectivity index (χ1) is 8.80. The molecule has 1 aromatic rings. The van der Waals surface area contributed by atoms with E-state index in [1.54, 1.807) is 6.20 Å². The molecule has 1 fully saturated rings. The Hall–Kier alpha value is -1.43. The minimum atomic E-state index is -0.925. The summed E-state index contributed by atoms with van der Waals surface area (Å²) >= 11 is 1.35. The lowest BCUT2D eigenvalue weighted by molar-refractivity contribution is -0.141. The smallest absolute Gasteiger partial charge is 0.326 e. The summed E-state index contributed by atoms with van der Waals surface area (Å²) in [6.07, 6.45) is 2.84. The number of hydrogen-bond acceptors (Lipinski definition) is 4. The van der Waals surface area contributed by atoms with Gasteiger partial charge in [-0.2, -0.15) is 0 Å². The van der Waals surface area contributed by atoms with Crippen LogP contribution in [0.1, 0.15) is 48.3 Å². The van der Waals surface area contributed by atoms with Crippen molar-refractivity contribution in [1.29, 1.82) is 0 Å². The third kappa shape index (κ3) is 2.78. The highest BCUT2D eigenvalue weighted by Gasteiger charge is 2.35. The van der Waals surface area contributed by atoms with Crippen LogP contribution in [0, 0.1) is 0 Å². The quantitative estimate of drug-likeness (QED) is 0.902. The van der Waals surface area contributed by atoms with Crippen molar-refractivity contribution >= 4 is 23.2 Å². The summed E-state index contributed by atoms with van der Waals surface area (Å²) in [4.78, 5) is 29.7. The molecule has 0 bridgehead atoms. The summed E-state index contributed by atoms with van der Waals surface area (Å²) in [7, 11) is 0. The van der Waals surface area contributed by atoms with Crippen molar-refractivity contribution in [3.05, 3.63) is 16.1 Å². The average molecular weight is 282 g/mol. The van der Waals surface area contributed by atoms with Gasteiger partial charge in [-0.15, -0.1) is 11.3 Å². The van der Waals surface area contributed by atoms with Gasteiger partial charge in [-0.25, -0.2) is 9.78 Å². The van der Waals surface area contributed by atoms with Crippen LogP contribution in [0.25, 0.3) is 0 Å². The SMILES string of the molecule is CC(C)(C)c1ncc(C(=O)N2CCC[C@@H]2C(=O)O)s1. The second-order valence-corrected chi connectivity index (χ2v) is 6.81. The molecule has 1 aliphatic rings. The van der Waals surface area contributed by atoms with Gasteiger partial charge in [0.1, 0.15) is 10.9 Å². The largest absolute Gasteiger partial charge is 0.480 e. The number of rotatable bonds is 2. The van der Waals surface area contributed by atoms with E-state index in [0.717, 1.165) is 11.4 Å². The van der Waals surface area contributed by atoms with Crippen LogP contribution in [0.4, 0.5) is 0 Å². The molecule has 19 heavy (non-hydrogen) atoms. The molecule has 5 nitrogen and oxygen atoms in total. The first kappa shape index (κ1) is 14.0. The molecule has 0 unspecified atom stereocenters. The predicted octanol–water partition coefficient (Wildman–Crippen LogP) is 2.13. The van der Waals surface area contributed by atoms with E-state index in [1.165, 1.54) is 16.2 Å². The Labute approximate surface area is 116 Å². The van der Waals surface area contributed by atoms with Crippen LogP contribution >= 0.6 is 11.3 Å². The molecule has 2 rings (SSSR count). The van der Waals surface area contributed by atoms with Gasteiger partial charge in [-0.3, -0.25) is 4.79 Å². The van der Waals surface area contributed by atoms with Crippen molar-refractivity contribution in [1.82, 2.24) is 9.88 Å². The molecule has 1 atom stereocenters. The van der Waals surface area contributed by atoms with Gasteiger partial charge in [-0.1, -0.05) is 20.8 Å². The van der Waals surface area contributed by atoms with E-state index in [4.69, 9.17) is 5.11 Å². The molecular formula is C13H18N2O3S. The zero-order valence-electron chi connectivity index (χ0n) is 11.3. The number of aliphatic carboxylic acids is 1. The molecule has 0 saturated carbocycles. The first-order valence-electron chi connectivity index (χ1n) is 6.31. The fraction of sp³-hybridized carbons (Fsp3) is 0.615. The van der Waals surface area contributed by atoms with Crippen molar-refractivity contribution in [3.63, 3.8) is 0 Å². The molecule has 1 saturated heterocycles. The van der Waals surface area contributed by atoms with Crippen molar-refractivity contribution in [2.75, 3.05) is 6.54 Å². The van der Waals surface area contributed by atoms with Gasteiger partial charge in [0.15, 0.2) is 0 Å². The Balaban J connectivity index is 2.20. The number of aromatic nitrogens is 1.